The van der Waals surface area contributed by atoms with Gasteiger partial charge in [-0.15, -0.1) is 0 Å². The fourth-order valence-electron chi connectivity index (χ4n) is 3.59. The average Bonchev–Trinajstić information content (AvgIpc) is 2.73. The Morgan fingerprint density at radius 2 is 2.21 bits per heavy atom. The number of halogens is 2. The van der Waals surface area contributed by atoms with Gasteiger partial charge in [0.25, 0.3) is 0 Å². The zero-order valence-electron chi connectivity index (χ0n) is 10.9. The van der Waals surface area contributed by atoms with Gasteiger partial charge in [0.1, 0.15) is 5.82 Å². The molecule has 0 amide bonds. The van der Waals surface area contributed by atoms with Gasteiger partial charge in [-0.1, -0.05) is 22.4 Å². The van der Waals surface area contributed by atoms with Crippen molar-refractivity contribution in [2.75, 3.05) is 13.1 Å². The van der Waals surface area contributed by atoms with Crippen molar-refractivity contribution in [3.63, 3.8) is 0 Å². The Labute approximate surface area is 121 Å². The van der Waals surface area contributed by atoms with Gasteiger partial charge in [-0.3, -0.25) is 4.90 Å². The van der Waals surface area contributed by atoms with Gasteiger partial charge in [-0.2, -0.15) is 0 Å². The minimum absolute atomic E-state index is 0.208. The van der Waals surface area contributed by atoms with Crippen molar-refractivity contribution >= 4 is 15.9 Å². The summed E-state index contributed by atoms with van der Waals surface area (Å²) in [6.07, 6.45) is 4.59. The van der Waals surface area contributed by atoms with Gasteiger partial charge in [0, 0.05) is 23.5 Å². The third-order valence-electron chi connectivity index (χ3n) is 4.57. The van der Waals surface area contributed by atoms with Crippen molar-refractivity contribution in [2.45, 2.75) is 43.7 Å². The molecule has 0 radical (unpaired) electrons. The van der Waals surface area contributed by atoms with Crippen molar-refractivity contribution in [3.05, 3.63) is 34.1 Å². The summed E-state index contributed by atoms with van der Waals surface area (Å²) in [6, 6.07) is 5.17. The minimum atomic E-state index is -0.762. The van der Waals surface area contributed by atoms with Crippen LogP contribution in [0.15, 0.2) is 22.7 Å². The summed E-state index contributed by atoms with van der Waals surface area (Å²) >= 11 is 3.37. The smallest absolute Gasteiger partial charge is 0.126 e. The molecule has 0 saturated carbocycles. The molecule has 2 aliphatic rings. The lowest BCUT2D eigenvalue weighted by Crippen LogP contribution is -2.48. The largest absolute Gasteiger partial charge is 0.388 e. The highest BCUT2D eigenvalue weighted by Crippen LogP contribution is 2.37. The van der Waals surface area contributed by atoms with Crippen molar-refractivity contribution in [1.82, 2.24) is 4.90 Å². The van der Waals surface area contributed by atoms with Crippen LogP contribution < -0.4 is 0 Å². The van der Waals surface area contributed by atoms with E-state index in [1.807, 2.05) is 0 Å². The van der Waals surface area contributed by atoms with Crippen LogP contribution in [-0.4, -0.2) is 34.7 Å². The van der Waals surface area contributed by atoms with E-state index in [1.165, 1.54) is 18.9 Å². The molecular weight excluding hydrogens is 309 g/mol. The molecule has 2 unspecified atom stereocenters. The molecule has 4 heteroatoms. The standard InChI is InChI=1S/C15H19BrFNO/c16-12-4-5-13(17)11(9-12)10-15(19)6-8-18-7-2-1-3-14(15)18/h4-5,9,14,19H,1-3,6-8,10H2. The number of rotatable bonds is 2. The van der Waals surface area contributed by atoms with Crippen molar-refractivity contribution < 1.29 is 9.50 Å². The molecule has 3 rings (SSSR count). The van der Waals surface area contributed by atoms with Crippen LogP contribution in [0.4, 0.5) is 4.39 Å². The molecule has 0 aromatic heterocycles. The Morgan fingerprint density at radius 1 is 1.37 bits per heavy atom. The lowest BCUT2D eigenvalue weighted by Gasteiger charge is -2.37. The van der Waals surface area contributed by atoms with E-state index in [0.717, 1.165) is 30.4 Å². The minimum Gasteiger partial charge on any atom is -0.388 e. The zero-order chi connectivity index (χ0) is 13.5. The summed E-state index contributed by atoms with van der Waals surface area (Å²) in [6.45, 7) is 2.02. The second-order valence-corrected chi connectivity index (χ2v) is 6.73. The zero-order valence-corrected chi connectivity index (χ0v) is 12.5. The van der Waals surface area contributed by atoms with Crippen LogP contribution >= 0.6 is 15.9 Å². The molecule has 2 heterocycles. The second kappa shape index (κ2) is 5.15. The Hall–Kier alpha value is -0.450. The molecule has 2 aliphatic heterocycles. The Kier molecular flexibility index (Phi) is 3.67. The van der Waals surface area contributed by atoms with Crippen LogP contribution in [0, 0.1) is 5.82 Å². The first kappa shape index (κ1) is 13.5. The van der Waals surface area contributed by atoms with Gasteiger partial charge in [-0.05, 0) is 49.6 Å². The van der Waals surface area contributed by atoms with Crippen molar-refractivity contribution in [2.24, 2.45) is 0 Å². The van der Waals surface area contributed by atoms with E-state index in [1.54, 1.807) is 12.1 Å². The molecule has 0 bridgehead atoms. The van der Waals surface area contributed by atoms with E-state index >= 15 is 0 Å². The van der Waals surface area contributed by atoms with Gasteiger partial charge < -0.3 is 5.11 Å². The Morgan fingerprint density at radius 3 is 3.05 bits per heavy atom. The first-order valence-corrected chi connectivity index (χ1v) is 7.78. The van der Waals surface area contributed by atoms with Crippen LogP contribution in [0.25, 0.3) is 0 Å². The quantitative estimate of drug-likeness (QED) is 0.902. The molecular formula is C15H19BrFNO. The molecule has 104 valence electrons. The maximum atomic E-state index is 13.9. The Balaban J connectivity index is 1.83. The number of nitrogens with zero attached hydrogens (tertiary/aromatic N) is 1. The van der Waals surface area contributed by atoms with Crippen LogP contribution in [0.5, 0.6) is 0 Å². The maximum absolute atomic E-state index is 13.9. The lowest BCUT2D eigenvalue weighted by molar-refractivity contribution is -0.00944. The third-order valence-corrected chi connectivity index (χ3v) is 5.06. The second-order valence-electron chi connectivity index (χ2n) is 5.81. The molecule has 1 aromatic carbocycles. The predicted molar refractivity (Wildman–Crippen MR) is 76.6 cm³/mol. The monoisotopic (exact) mass is 327 g/mol. The van der Waals surface area contributed by atoms with E-state index in [9.17, 15) is 9.50 Å². The summed E-state index contributed by atoms with van der Waals surface area (Å²) in [5, 5.41) is 10.9. The fraction of sp³-hybridized carbons (Fsp3) is 0.600. The van der Waals surface area contributed by atoms with Crippen molar-refractivity contribution in [3.8, 4) is 0 Å². The fourth-order valence-corrected chi connectivity index (χ4v) is 3.99. The van der Waals surface area contributed by atoms with Crippen molar-refractivity contribution in [1.29, 1.82) is 0 Å². The van der Waals surface area contributed by atoms with E-state index in [0.29, 0.717) is 12.0 Å². The molecule has 2 saturated heterocycles. The number of benzene rings is 1. The normalized spacial score (nSPS) is 31.4. The van der Waals surface area contributed by atoms with Gasteiger partial charge >= 0.3 is 0 Å². The van der Waals surface area contributed by atoms with E-state index in [-0.39, 0.29) is 11.9 Å². The highest BCUT2D eigenvalue weighted by Gasteiger charge is 2.46. The van der Waals surface area contributed by atoms with Crippen LogP contribution in [-0.2, 0) is 6.42 Å². The van der Waals surface area contributed by atoms with Gasteiger partial charge in [0.2, 0.25) is 0 Å². The van der Waals surface area contributed by atoms with Crippen LogP contribution in [0.1, 0.15) is 31.2 Å². The first-order chi connectivity index (χ1) is 9.08. The van der Waals surface area contributed by atoms with Crippen LogP contribution in [0.3, 0.4) is 0 Å². The van der Waals surface area contributed by atoms with Gasteiger partial charge in [0.05, 0.1) is 5.60 Å². The lowest BCUT2D eigenvalue weighted by atomic mass is 9.83. The van der Waals surface area contributed by atoms with E-state index in [2.05, 4.69) is 20.8 Å². The summed E-state index contributed by atoms with van der Waals surface area (Å²) in [7, 11) is 0. The first-order valence-electron chi connectivity index (χ1n) is 6.99. The third kappa shape index (κ3) is 2.58. The summed E-state index contributed by atoms with van der Waals surface area (Å²) in [4.78, 5) is 2.37. The summed E-state index contributed by atoms with van der Waals surface area (Å²) in [5.74, 6) is -0.217. The number of fused-ring (bicyclic) bond motifs is 1. The molecule has 2 nitrogen and oxygen atoms in total. The van der Waals surface area contributed by atoms with Gasteiger partial charge in [-0.25, -0.2) is 4.39 Å². The molecule has 1 N–H and O–H groups in total. The number of hydrogen-bond donors (Lipinski definition) is 1. The summed E-state index contributed by atoms with van der Waals surface area (Å²) in [5.41, 5.74) is -0.147. The highest BCUT2D eigenvalue weighted by molar-refractivity contribution is 9.10. The summed E-state index contributed by atoms with van der Waals surface area (Å²) < 4.78 is 14.7. The predicted octanol–water partition coefficient (Wildman–Crippen LogP) is 3.12. The highest BCUT2D eigenvalue weighted by atomic mass is 79.9. The number of piperidine rings is 1. The van der Waals surface area contributed by atoms with Gasteiger partial charge in [0.15, 0.2) is 0 Å². The maximum Gasteiger partial charge on any atom is 0.126 e. The molecule has 1 aromatic rings. The van der Waals surface area contributed by atoms with E-state index in [4.69, 9.17) is 0 Å². The average molecular weight is 328 g/mol. The molecule has 0 aliphatic carbocycles. The SMILES string of the molecule is OC1(Cc2cc(Br)ccc2F)CCN2CCCCC21. The Bertz CT molecular complexity index is 481. The van der Waals surface area contributed by atoms with Crippen LogP contribution in [0.2, 0.25) is 0 Å². The molecule has 2 fully saturated rings. The topological polar surface area (TPSA) is 23.5 Å². The number of aliphatic hydroxyl groups is 1. The number of hydrogen-bond acceptors (Lipinski definition) is 2. The molecule has 19 heavy (non-hydrogen) atoms. The molecule has 0 spiro atoms. The van der Waals surface area contributed by atoms with E-state index < -0.39 is 5.60 Å². The molecule has 2 atom stereocenters.